The Labute approximate surface area is 98.9 Å². The van der Waals surface area contributed by atoms with E-state index < -0.39 is 0 Å². The lowest BCUT2D eigenvalue weighted by Crippen LogP contribution is -2.06. The van der Waals surface area contributed by atoms with E-state index in [9.17, 15) is 0 Å². The first-order valence-electron chi connectivity index (χ1n) is 5.88. The number of hydrogen-bond acceptors (Lipinski definition) is 5. The quantitative estimate of drug-likeness (QED) is 0.827. The van der Waals surface area contributed by atoms with Crippen LogP contribution in [0.3, 0.4) is 0 Å². The molecule has 17 heavy (non-hydrogen) atoms. The molecule has 0 amide bonds. The second-order valence-corrected chi connectivity index (χ2v) is 4.06. The molecule has 0 radical (unpaired) electrons. The maximum absolute atomic E-state index is 4.57. The monoisotopic (exact) mass is 230 g/mol. The summed E-state index contributed by atoms with van der Waals surface area (Å²) >= 11 is 0. The Hall–Kier alpha value is -1.98. The smallest absolute Gasteiger partial charge is 0.184 e. The van der Waals surface area contributed by atoms with Crippen LogP contribution in [0, 0.1) is 0 Å². The highest BCUT2D eigenvalue weighted by atomic mass is 15.3. The number of H-pyrrole nitrogens is 1. The fourth-order valence-electron chi connectivity index (χ4n) is 2.17. The predicted octanol–water partition coefficient (Wildman–Crippen LogP) is 1.18. The molecule has 2 heterocycles. The highest BCUT2D eigenvalue weighted by Crippen LogP contribution is 2.28. The molecule has 0 unspecified atom stereocenters. The van der Waals surface area contributed by atoms with Gasteiger partial charge >= 0.3 is 0 Å². The van der Waals surface area contributed by atoms with E-state index >= 15 is 0 Å². The topological polar surface area (TPSA) is 79.4 Å². The molecule has 2 N–H and O–H groups in total. The summed E-state index contributed by atoms with van der Waals surface area (Å²) in [6.45, 7) is 2.93. The van der Waals surface area contributed by atoms with Crippen LogP contribution in [0.5, 0.6) is 0 Å². The normalized spacial score (nSPS) is 13.7. The van der Waals surface area contributed by atoms with Gasteiger partial charge in [-0.25, -0.2) is 9.97 Å². The third kappa shape index (κ3) is 1.75. The van der Waals surface area contributed by atoms with Gasteiger partial charge in [-0.3, -0.25) is 0 Å². The van der Waals surface area contributed by atoms with E-state index in [0.29, 0.717) is 11.5 Å². The third-order valence-electron chi connectivity index (χ3n) is 2.92. The third-order valence-corrected chi connectivity index (χ3v) is 2.92. The van der Waals surface area contributed by atoms with Gasteiger partial charge < -0.3 is 5.32 Å². The van der Waals surface area contributed by atoms with Crippen molar-refractivity contribution < 1.29 is 0 Å². The van der Waals surface area contributed by atoms with E-state index in [2.05, 4.69) is 37.6 Å². The fraction of sp³-hybridized carbons (Fsp3) is 0.455. The minimum Gasteiger partial charge on any atom is -0.370 e. The summed E-state index contributed by atoms with van der Waals surface area (Å²) in [6, 6.07) is 0. The van der Waals surface area contributed by atoms with Crippen LogP contribution in [0.1, 0.15) is 24.6 Å². The van der Waals surface area contributed by atoms with Crippen LogP contribution in [0.4, 0.5) is 5.82 Å². The first kappa shape index (κ1) is 10.2. The van der Waals surface area contributed by atoms with Gasteiger partial charge in [0, 0.05) is 17.8 Å². The van der Waals surface area contributed by atoms with E-state index in [1.807, 2.05) is 0 Å². The molecule has 2 aromatic heterocycles. The van der Waals surface area contributed by atoms with Crippen molar-refractivity contribution in [2.45, 2.75) is 26.2 Å². The Morgan fingerprint density at radius 1 is 1.35 bits per heavy atom. The van der Waals surface area contributed by atoms with Crippen LogP contribution in [0.15, 0.2) is 6.20 Å². The molecule has 6 nitrogen and oxygen atoms in total. The van der Waals surface area contributed by atoms with Crippen LogP contribution >= 0.6 is 0 Å². The van der Waals surface area contributed by atoms with Crippen molar-refractivity contribution in [2.75, 3.05) is 11.9 Å². The van der Waals surface area contributed by atoms with Crippen LogP contribution < -0.4 is 5.32 Å². The van der Waals surface area contributed by atoms with Gasteiger partial charge in [-0.05, 0) is 26.2 Å². The largest absolute Gasteiger partial charge is 0.370 e. The number of anilines is 1. The SMILES string of the molecule is CCNc1nc(-c2cn[nH]n2)nc2c1CCC2. The Balaban J connectivity index is 2.09. The summed E-state index contributed by atoms with van der Waals surface area (Å²) in [5.74, 6) is 1.60. The molecule has 0 bridgehead atoms. The highest BCUT2D eigenvalue weighted by molar-refractivity contribution is 5.56. The standard InChI is InChI=1S/C11H14N6/c1-2-12-10-7-4-3-5-8(7)14-11(15-10)9-6-13-17-16-9/h6H,2-5H2,1H3,(H,12,14,15)(H,13,16,17). The summed E-state index contributed by atoms with van der Waals surface area (Å²) in [5.41, 5.74) is 3.10. The molecule has 0 spiro atoms. The van der Waals surface area contributed by atoms with E-state index in [1.54, 1.807) is 6.20 Å². The van der Waals surface area contributed by atoms with E-state index in [4.69, 9.17) is 0 Å². The maximum Gasteiger partial charge on any atom is 0.184 e. The van der Waals surface area contributed by atoms with Gasteiger partial charge in [0.2, 0.25) is 0 Å². The molecule has 0 atom stereocenters. The molecule has 1 aliphatic carbocycles. The average Bonchev–Trinajstić information content (AvgIpc) is 3.00. The Bertz CT molecular complexity index is 519. The van der Waals surface area contributed by atoms with E-state index in [-0.39, 0.29) is 0 Å². The van der Waals surface area contributed by atoms with Crippen molar-refractivity contribution in [2.24, 2.45) is 0 Å². The highest BCUT2D eigenvalue weighted by Gasteiger charge is 2.20. The average molecular weight is 230 g/mol. The number of aromatic nitrogens is 5. The number of aromatic amines is 1. The lowest BCUT2D eigenvalue weighted by molar-refractivity contribution is 0.899. The van der Waals surface area contributed by atoms with Crippen LogP contribution in [0.2, 0.25) is 0 Å². The molecule has 0 aromatic carbocycles. The second-order valence-electron chi connectivity index (χ2n) is 4.06. The Morgan fingerprint density at radius 3 is 3.06 bits per heavy atom. The van der Waals surface area contributed by atoms with Gasteiger partial charge in [-0.1, -0.05) is 0 Å². The van der Waals surface area contributed by atoms with Gasteiger partial charge in [0.15, 0.2) is 5.82 Å². The molecule has 0 saturated heterocycles. The fourth-order valence-corrected chi connectivity index (χ4v) is 2.17. The zero-order valence-corrected chi connectivity index (χ0v) is 9.69. The molecule has 0 fully saturated rings. The second kappa shape index (κ2) is 4.12. The number of fused-ring (bicyclic) bond motifs is 1. The van der Waals surface area contributed by atoms with Gasteiger partial charge in [0.05, 0.1) is 6.20 Å². The molecule has 1 aliphatic rings. The molecular weight excluding hydrogens is 216 g/mol. The summed E-state index contributed by atoms with van der Waals surface area (Å²) in [5, 5.41) is 13.7. The maximum atomic E-state index is 4.57. The number of nitrogens with zero attached hydrogens (tertiary/aromatic N) is 4. The van der Waals surface area contributed by atoms with Crippen LogP contribution in [0.25, 0.3) is 11.5 Å². The van der Waals surface area contributed by atoms with Crippen LogP contribution in [-0.2, 0) is 12.8 Å². The molecule has 0 saturated carbocycles. The summed E-state index contributed by atoms with van der Waals surface area (Å²) < 4.78 is 0. The first-order chi connectivity index (χ1) is 8.38. The van der Waals surface area contributed by atoms with Gasteiger partial charge in [-0.15, -0.1) is 0 Å². The molecular formula is C11H14N6. The first-order valence-corrected chi connectivity index (χ1v) is 5.88. The lowest BCUT2D eigenvalue weighted by Gasteiger charge is -2.09. The van der Waals surface area contributed by atoms with Gasteiger partial charge in [-0.2, -0.15) is 15.4 Å². The van der Waals surface area contributed by atoms with Gasteiger partial charge in [0.25, 0.3) is 0 Å². The van der Waals surface area contributed by atoms with Crippen molar-refractivity contribution >= 4 is 5.82 Å². The Kier molecular flexibility index (Phi) is 2.47. The van der Waals surface area contributed by atoms with Crippen molar-refractivity contribution in [1.29, 1.82) is 0 Å². The van der Waals surface area contributed by atoms with Crippen molar-refractivity contribution in [3.8, 4) is 11.5 Å². The zero-order chi connectivity index (χ0) is 11.7. The van der Waals surface area contributed by atoms with Crippen molar-refractivity contribution in [3.63, 3.8) is 0 Å². The van der Waals surface area contributed by atoms with Crippen LogP contribution in [-0.4, -0.2) is 31.9 Å². The van der Waals surface area contributed by atoms with Crippen molar-refractivity contribution in [3.05, 3.63) is 17.5 Å². The molecule has 3 rings (SSSR count). The minimum atomic E-state index is 0.648. The minimum absolute atomic E-state index is 0.648. The molecule has 88 valence electrons. The summed E-state index contributed by atoms with van der Waals surface area (Å²) in [6.07, 6.45) is 4.90. The van der Waals surface area contributed by atoms with Crippen molar-refractivity contribution in [1.82, 2.24) is 25.4 Å². The zero-order valence-electron chi connectivity index (χ0n) is 9.69. The molecule has 6 heteroatoms. The number of nitrogens with one attached hydrogen (secondary N) is 2. The van der Waals surface area contributed by atoms with Gasteiger partial charge in [0.1, 0.15) is 11.5 Å². The molecule has 2 aromatic rings. The number of hydrogen-bond donors (Lipinski definition) is 2. The Morgan fingerprint density at radius 2 is 2.29 bits per heavy atom. The number of aryl methyl sites for hydroxylation is 1. The summed E-state index contributed by atoms with van der Waals surface area (Å²) in [7, 11) is 0. The molecule has 0 aliphatic heterocycles. The van der Waals surface area contributed by atoms with E-state index in [1.165, 1.54) is 5.56 Å². The van der Waals surface area contributed by atoms with E-state index in [0.717, 1.165) is 37.3 Å². The summed E-state index contributed by atoms with van der Waals surface area (Å²) in [4.78, 5) is 9.10. The lowest BCUT2D eigenvalue weighted by atomic mass is 10.2. The predicted molar refractivity (Wildman–Crippen MR) is 63.6 cm³/mol. The number of rotatable bonds is 3.